The zero-order valence-corrected chi connectivity index (χ0v) is 14.6. The summed E-state index contributed by atoms with van der Waals surface area (Å²) >= 11 is 3.46. The number of carboxylic acid groups (broad SMARTS) is 2. The van der Waals surface area contributed by atoms with E-state index in [0.717, 1.165) is 36.3 Å². The Hall–Kier alpha value is -1.14. The molecule has 2 N–H and O–H groups in total. The Labute approximate surface area is 139 Å². The second kappa shape index (κ2) is 9.79. The van der Waals surface area contributed by atoms with Gasteiger partial charge in [0.25, 0.3) is 0 Å². The van der Waals surface area contributed by atoms with Crippen molar-refractivity contribution in [2.75, 3.05) is 24.0 Å². The predicted octanol–water partition coefficient (Wildman–Crippen LogP) is 3.67. The van der Waals surface area contributed by atoms with Crippen LogP contribution in [-0.2, 0) is 12.8 Å². The molecule has 122 valence electrons. The van der Waals surface area contributed by atoms with Gasteiger partial charge in [0.15, 0.2) is 0 Å². The summed E-state index contributed by atoms with van der Waals surface area (Å²) in [6.07, 6.45) is 7.25. The van der Waals surface area contributed by atoms with E-state index >= 15 is 0 Å². The van der Waals surface area contributed by atoms with E-state index in [2.05, 4.69) is 0 Å². The molecule has 0 aliphatic rings. The molecule has 1 aromatic rings. The Morgan fingerprint density at radius 3 is 2.05 bits per heavy atom. The van der Waals surface area contributed by atoms with Gasteiger partial charge in [-0.2, -0.15) is 23.5 Å². The molecule has 0 atom stereocenters. The van der Waals surface area contributed by atoms with E-state index in [1.54, 1.807) is 29.6 Å². The van der Waals surface area contributed by atoms with Gasteiger partial charge in [-0.1, -0.05) is 6.07 Å². The number of carbonyl (C=O) groups is 2. The Morgan fingerprint density at radius 2 is 1.55 bits per heavy atom. The standard InChI is InChI=1S/C16H22O4S2/c1-21-9-3-5-11-7-8-13(15(17)18)14(16(19)20)12(11)6-4-10-22-2/h7-8H,3-6,9-10H2,1-2H3,(H,17,18)(H,19,20). The van der Waals surface area contributed by atoms with Crippen molar-refractivity contribution < 1.29 is 19.8 Å². The number of carboxylic acids is 2. The highest BCUT2D eigenvalue weighted by Gasteiger charge is 2.22. The summed E-state index contributed by atoms with van der Waals surface area (Å²) in [6.45, 7) is 0. The maximum Gasteiger partial charge on any atom is 0.336 e. The van der Waals surface area contributed by atoms with Crippen molar-refractivity contribution in [1.82, 2.24) is 0 Å². The summed E-state index contributed by atoms with van der Waals surface area (Å²) in [6, 6.07) is 3.21. The molecule has 0 aromatic heterocycles. The quantitative estimate of drug-likeness (QED) is 0.632. The Kier molecular flexibility index (Phi) is 8.42. The summed E-state index contributed by atoms with van der Waals surface area (Å²) in [5.41, 5.74) is 1.52. The fraction of sp³-hybridized carbons (Fsp3) is 0.500. The third kappa shape index (κ3) is 5.25. The SMILES string of the molecule is CSCCCc1ccc(C(=O)O)c(C(=O)O)c1CCCSC. The van der Waals surface area contributed by atoms with Crippen molar-refractivity contribution in [3.8, 4) is 0 Å². The van der Waals surface area contributed by atoms with Crippen LogP contribution in [0.25, 0.3) is 0 Å². The van der Waals surface area contributed by atoms with Gasteiger partial charge in [0.05, 0.1) is 11.1 Å². The normalized spacial score (nSPS) is 10.6. The molecule has 0 fully saturated rings. The molecule has 0 heterocycles. The number of benzene rings is 1. The minimum absolute atomic E-state index is 0.0322. The first kappa shape index (κ1) is 18.9. The molecule has 6 heteroatoms. The van der Waals surface area contributed by atoms with Gasteiger partial charge >= 0.3 is 11.9 Å². The number of thioether (sulfide) groups is 2. The molecule has 1 rings (SSSR count). The molecule has 0 saturated heterocycles. The number of hydrogen-bond donors (Lipinski definition) is 2. The van der Waals surface area contributed by atoms with Gasteiger partial charge in [-0.15, -0.1) is 0 Å². The van der Waals surface area contributed by atoms with E-state index in [1.807, 2.05) is 12.5 Å². The lowest BCUT2D eigenvalue weighted by Crippen LogP contribution is -2.14. The minimum Gasteiger partial charge on any atom is -0.478 e. The second-order valence-electron chi connectivity index (χ2n) is 4.93. The van der Waals surface area contributed by atoms with Gasteiger partial charge in [-0.25, -0.2) is 9.59 Å². The lowest BCUT2D eigenvalue weighted by Gasteiger charge is -2.15. The molecule has 0 unspecified atom stereocenters. The average Bonchev–Trinajstić information content (AvgIpc) is 2.47. The van der Waals surface area contributed by atoms with Crippen LogP contribution >= 0.6 is 23.5 Å². The first-order chi connectivity index (χ1) is 10.5. The highest BCUT2D eigenvalue weighted by atomic mass is 32.2. The highest BCUT2D eigenvalue weighted by molar-refractivity contribution is 7.98. The summed E-state index contributed by atoms with van der Waals surface area (Å²) in [7, 11) is 0. The number of aromatic carboxylic acids is 2. The summed E-state index contributed by atoms with van der Waals surface area (Å²) in [4.78, 5) is 22.9. The number of hydrogen-bond acceptors (Lipinski definition) is 4. The first-order valence-corrected chi connectivity index (χ1v) is 9.90. The van der Waals surface area contributed by atoms with Crippen molar-refractivity contribution in [1.29, 1.82) is 0 Å². The third-order valence-corrected chi connectivity index (χ3v) is 4.82. The topological polar surface area (TPSA) is 74.6 Å². The van der Waals surface area contributed by atoms with Crippen molar-refractivity contribution >= 4 is 35.5 Å². The van der Waals surface area contributed by atoms with E-state index < -0.39 is 11.9 Å². The van der Waals surface area contributed by atoms with Crippen LogP contribution in [0.15, 0.2) is 12.1 Å². The molecule has 22 heavy (non-hydrogen) atoms. The van der Waals surface area contributed by atoms with Gasteiger partial charge in [0.1, 0.15) is 0 Å². The van der Waals surface area contributed by atoms with Crippen molar-refractivity contribution in [3.63, 3.8) is 0 Å². The molecule has 4 nitrogen and oxygen atoms in total. The maximum atomic E-state index is 11.6. The first-order valence-electron chi connectivity index (χ1n) is 7.12. The Morgan fingerprint density at radius 1 is 0.955 bits per heavy atom. The van der Waals surface area contributed by atoms with Crippen molar-refractivity contribution in [2.45, 2.75) is 25.7 Å². The zero-order chi connectivity index (χ0) is 16.5. The Balaban J connectivity index is 3.21. The molecule has 0 aliphatic heterocycles. The van der Waals surface area contributed by atoms with Crippen LogP contribution in [0.1, 0.15) is 44.7 Å². The van der Waals surface area contributed by atoms with Crippen LogP contribution in [0.3, 0.4) is 0 Å². The zero-order valence-electron chi connectivity index (χ0n) is 12.9. The van der Waals surface area contributed by atoms with Gasteiger partial charge in [0.2, 0.25) is 0 Å². The third-order valence-electron chi connectivity index (χ3n) is 3.42. The number of aryl methyl sites for hydroxylation is 1. The van der Waals surface area contributed by atoms with Crippen molar-refractivity contribution in [2.24, 2.45) is 0 Å². The molecule has 1 aromatic carbocycles. The molecular formula is C16H22O4S2. The van der Waals surface area contributed by atoms with Gasteiger partial charge in [-0.3, -0.25) is 0 Å². The van der Waals surface area contributed by atoms with Gasteiger partial charge in [0, 0.05) is 0 Å². The van der Waals surface area contributed by atoms with Crippen LogP contribution in [0.5, 0.6) is 0 Å². The molecule has 0 saturated carbocycles. The van der Waals surface area contributed by atoms with E-state index in [-0.39, 0.29) is 11.1 Å². The molecular weight excluding hydrogens is 320 g/mol. The summed E-state index contributed by atoms with van der Waals surface area (Å²) in [5, 5.41) is 18.7. The fourth-order valence-corrected chi connectivity index (χ4v) is 3.30. The minimum atomic E-state index is -1.18. The van der Waals surface area contributed by atoms with E-state index in [0.29, 0.717) is 12.0 Å². The van der Waals surface area contributed by atoms with Crippen LogP contribution in [-0.4, -0.2) is 46.2 Å². The molecule has 0 spiro atoms. The number of rotatable bonds is 10. The lowest BCUT2D eigenvalue weighted by atomic mass is 9.91. The monoisotopic (exact) mass is 342 g/mol. The average molecular weight is 342 g/mol. The van der Waals surface area contributed by atoms with Gasteiger partial charge in [-0.05, 0) is 66.9 Å². The molecule has 0 radical (unpaired) electrons. The summed E-state index contributed by atoms with van der Waals surface area (Å²) < 4.78 is 0. The van der Waals surface area contributed by atoms with Crippen LogP contribution < -0.4 is 0 Å². The maximum absolute atomic E-state index is 11.6. The predicted molar refractivity (Wildman–Crippen MR) is 93.8 cm³/mol. The van der Waals surface area contributed by atoms with E-state index in [9.17, 15) is 19.8 Å². The lowest BCUT2D eigenvalue weighted by molar-refractivity contribution is 0.0650. The molecule has 0 amide bonds. The van der Waals surface area contributed by atoms with Crippen LogP contribution in [0, 0.1) is 0 Å². The largest absolute Gasteiger partial charge is 0.478 e. The van der Waals surface area contributed by atoms with Crippen LogP contribution in [0.4, 0.5) is 0 Å². The fourth-order valence-electron chi connectivity index (χ4n) is 2.43. The molecule has 0 aliphatic carbocycles. The van der Waals surface area contributed by atoms with E-state index in [1.165, 1.54) is 6.07 Å². The molecule has 0 bridgehead atoms. The Bertz CT molecular complexity index is 529. The highest BCUT2D eigenvalue weighted by Crippen LogP contribution is 2.24. The van der Waals surface area contributed by atoms with Crippen molar-refractivity contribution in [3.05, 3.63) is 34.4 Å². The van der Waals surface area contributed by atoms with Gasteiger partial charge < -0.3 is 10.2 Å². The van der Waals surface area contributed by atoms with E-state index in [4.69, 9.17) is 0 Å². The smallest absolute Gasteiger partial charge is 0.336 e. The summed E-state index contributed by atoms with van der Waals surface area (Å²) in [5.74, 6) is -0.393. The second-order valence-corrected chi connectivity index (χ2v) is 6.90. The van der Waals surface area contributed by atoms with Crippen LogP contribution in [0.2, 0.25) is 0 Å².